The fraction of sp³-hybridized carbons (Fsp3) is 0.333. The second-order valence-corrected chi connectivity index (χ2v) is 0.408. The van der Waals surface area contributed by atoms with Crippen LogP contribution in [0.2, 0.25) is 0 Å². The smallest absolute Gasteiger partial charge is 0 e. The molecule has 0 aromatic carbocycles. The molecule has 0 fully saturated rings. The van der Waals surface area contributed by atoms with E-state index in [9.17, 15) is 0 Å². The summed E-state index contributed by atoms with van der Waals surface area (Å²) < 4.78 is 16.0. The van der Waals surface area contributed by atoms with E-state index in [4.69, 9.17) is 9.15 Å². The molecule has 0 aromatic rings. The summed E-state index contributed by atoms with van der Waals surface area (Å²) >= 11 is 0. The van der Waals surface area contributed by atoms with Crippen LogP contribution in [0.5, 0.6) is 0 Å². The van der Waals surface area contributed by atoms with Crippen molar-refractivity contribution in [1.82, 2.24) is 0 Å². The highest BCUT2D eigenvalue weighted by atomic mass is 20.0. The zero-order valence-corrected chi connectivity index (χ0v) is 3.04. The van der Waals surface area contributed by atoms with E-state index >= 15 is 0 Å². The first kappa shape index (κ1) is 8.82. The van der Waals surface area contributed by atoms with Gasteiger partial charge in [0.25, 0.3) is 0 Å². The number of halogens is 2. The summed E-state index contributed by atoms with van der Waals surface area (Å²) in [4.78, 5) is 0. The summed E-state index contributed by atoms with van der Waals surface area (Å²) in [6.45, 7) is 5.25. The van der Waals surface area contributed by atoms with Crippen LogP contribution in [0.15, 0.2) is 12.7 Å². The second-order valence-electron chi connectivity index (χ2n) is 0.408. The fourth-order valence-electron chi connectivity index (χ4n) is 0. The lowest BCUT2D eigenvalue weighted by Gasteiger charge is -1.31. The standard InChI is InChI=1S/C3H6.F2/c1-3-2;1-2/h3H,1H2,2H3;. The van der Waals surface area contributed by atoms with Gasteiger partial charge in [0.05, 0.1) is 0 Å². The third kappa shape index (κ3) is 57.6. The zero-order chi connectivity index (χ0) is 4.71. The minimum absolute atomic E-state index is 1.75. The average Bonchev–Trinajstić information content (AvgIpc) is 1.46. The normalized spacial score (nSPS) is 3.80. The maximum absolute atomic E-state index is 8.00. The number of hydrogen-bond donors (Lipinski definition) is 0. The Morgan fingerprint density at radius 1 is 1.60 bits per heavy atom. The van der Waals surface area contributed by atoms with E-state index < -0.39 is 0 Å². The molecule has 0 N–H and O–H groups in total. The van der Waals surface area contributed by atoms with Gasteiger partial charge < -0.3 is 0 Å². The Morgan fingerprint density at radius 3 is 1.60 bits per heavy atom. The van der Waals surface area contributed by atoms with Crippen LogP contribution in [0, 0.1) is 0 Å². The van der Waals surface area contributed by atoms with Crippen molar-refractivity contribution in [3.05, 3.63) is 12.7 Å². The van der Waals surface area contributed by atoms with Gasteiger partial charge in [0.2, 0.25) is 0 Å². The van der Waals surface area contributed by atoms with Gasteiger partial charge in [0.1, 0.15) is 0 Å². The highest BCUT2D eigenvalue weighted by Crippen LogP contribution is 1.42. The summed E-state index contributed by atoms with van der Waals surface area (Å²) in [7, 11) is 0. The summed E-state index contributed by atoms with van der Waals surface area (Å²) in [6, 6.07) is 0. The SMILES string of the molecule is C=CC.FF. The van der Waals surface area contributed by atoms with Gasteiger partial charge in [0, 0.05) is 9.15 Å². The molecule has 0 saturated carbocycles. The third-order valence-corrected chi connectivity index (χ3v) is 0. The maximum Gasteiger partial charge on any atom is 0 e. The molecular weight excluding hydrogens is 74.0 g/mol. The van der Waals surface area contributed by atoms with Crippen molar-refractivity contribution in [3.8, 4) is 0 Å². The number of hydrogen-bond acceptors (Lipinski definition) is 0. The van der Waals surface area contributed by atoms with Crippen LogP contribution in [-0.4, -0.2) is 0 Å². The zero-order valence-electron chi connectivity index (χ0n) is 3.04. The van der Waals surface area contributed by atoms with Crippen molar-refractivity contribution in [3.63, 3.8) is 0 Å². The van der Waals surface area contributed by atoms with E-state index in [0.717, 1.165) is 0 Å². The van der Waals surface area contributed by atoms with Crippen molar-refractivity contribution in [2.75, 3.05) is 0 Å². The molecule has 0 rings (SSSR count). The van der Waals surface area contributed by atoms with Crippen LogP contribution >= 0.6 is 0 Å². The lowest BCUT2D eigenvalue weighted by molar-refractivity contribution is 0.108. The highest BCUT2D eigenvalue weighted by Gasteiger charge is 1.15. The van der Waals surface area contributed by atoms with E-state index in [0.29, 0.717) is 0 Å². The molecule has 0 aliphatic heterocycles. The summed E-state index contributed by atoms with van der Waals surface area (Å²) in [6.07, 6.45) is 1.75. The van der Waals surface area contributed by atoms with Crippen LogP contribution in [-0.2, 0) is 0 Å². The topological polar surface area (TPSA) is 0 Å². The molecule has 0 atom stereocenters. The Kier molecular flexibility index (Phi) is 119. The monoisotopic (exact) mass is 80.0 g/mol. The minimum atomic E-state index is 1.75. The Morgan fingerprint density at radius 2 is 1.60 bits per heavy atom. The van der Waals surface area contributed by atoms with Gasteiger partial charge in [-0.3, -0.25) is 0 Å². The second kappa shape index (κ2) is 67.6. The molecule has 5 heavy (non-hydrogen) atoms. The first-order valence-electron chi connectivity index (χ1n) is 1.13. The van der Waals surface area contributed by atoms with Gasteiger partial charge >= 0.3 is 0 Å². The van der Waals surface area contributed by atoms with Gasteiger partial charge in [0.15, 0.2) is 0 Å². The van der Waals surface area contributed by atoms with Crippen LogP contribution in [0.1, 0.15) is 6.92 Å². The van der Waals surface area contributed by atoms with E-state index in [2.05, 4.69) is 6.58 Å². The van der Waals surface area contributed by atoms with Crippen LogP contribution in [0.25, 0.3) is 0 Å². The van der Waals surface area contributed by atoms with Crippen molar-refractivity contribution >= 4 is 0 Å². The van der Waals surface area contributed by atoms with E-state index in [-0.39, 0.29) is 0 Å². The Hall–Kier alpha value is -0.400. The first-order valence-corrected chi connectivity index (χ1v) is 1.13. The van der Waals surface area contributed by atoms with Gasteiger partial charge in [-0.25, -0.2) is 0 Å². The van der Waals surface area contributed by atoms with Crippen LogP contribution < -0.4 is 0 Å². The molecule has 0 radical (unpaired) electrons. The van der Waals surface area contributed by atoms with E-state index in [1.807, 2.05) is 6.92 Å². The van der Waals surface area contributed by atoms with Gasteiger partial charge in [-0.2, -0.15) is 0 Å². The molecule has 0 heterocycles. The average molecular weight is 80.1 g/mol. The van der Waals surface area contributed by atoms with Gasteiger partial charge in [-0.1, -0.05) is 6.08 Å². The fourth-order valence-corrected chi connectivity index (χ4v) is 0. The molecule has 0 amide bonds. The molecule has 0 aliphatic carbocycles. The Balaban J connectivity index is 0. The van der Waals surface area contributed by atoms with Crippen LogP contribution in [0.4, 0.5) is 9.15 Å². The molecule has 32 valence electrons. The highest BCUT2D eigenvalue weighted by molar-refractivity contribution is 4.51. The largest absolute Gasteiger partial charge is 0.103 e. The Bertz CT molecular complexity index is 12.4. The molecule has 0 aromatic heterocycles. The number of allylic oxidation sites excluding steroid dienone is 1. The summed E-state index contributed by atoms with van der Waals surface area (Å²) in [5.41, 5.74) is 0. The summed E-state index contributed by atoms with van der Waals surface area (Å²) in [5, 5.41) is 0. The minimum Gasteiger partial charge on any atom is -0.103 e. The molecule has 0 spiro atoms. The van der Waals surface area contributed by atoms with Crippen molar-refractivity contribution in [2.45, 2.75) is 6.92 Å². The molecule has 0 bridgehead atoms. The van der Waals surface area contributed by atoms with E-state index in [1.54, 1.807) is 6.08 Å². The molecule has 0 aliphatic rings. The molecule has 2 heteroatoms. The van der Waals surface area contributed by atoms with Crippen molar-refractivity contribution < 1.29 is 9.15 Å². The van der Waals surface area contributed by atoms with Gasteiger partial charge in [-0.05, 0) is 6.92 Å². The summed E-state index contributed by atoms with van der Waals surface area (Å²) in [5.74, 6) is 0. The molecule has 0 nitrogen and oxygen atoms in total. The third-order valence-electron chi connectivity index (χ3n) is 0. The lowest BCUT2D eigenvalue weighted by Crippen LogP contribution is -1.07. The predicted octanol–water partition coefficient (Wildman–Crippen LogP) is 2.03. The molecule has 0 saturated heterocycles. The van der Waals surface area contributed by atoms with Gasteiger partial charge in [-0.15, -0.1) is 6.58 Å². The quantitative estimate of drug-likeness (QED) is 0.390. The van der Waals surface area contributed by atoms with Crippen molar-refractivity contribution in [1.29, 1.82) is 0 Å². The lowest BCUT2D eigenvalue weighted by atomic mass is 10.8. The predicted molar refractivity (Wildman–Crippen MR) is 18.1 cm³/mol. The van der Waals surface area contributed by atoms with Crippen molar-refractivity contribution in [2.24, 2.45) is 0 Å². The first-order chi connectivity index (χ1) is 2.41. The molecule has 0 unspecified atom stereocenters. The molecular formula is C3H6F2. The maximum atomic E-state index is 8.00. The Labute approximate surface area is 30.0 Å². The number of rotatable bonds is 0. The van der Waals surface area contributed by atoms with E-state index in [1.165, 1.54) is 0 Å². The van der Waals surface area contributed by atoms with Crippen LogP contribution in [0.3, 0.4) is 0 Å².